The van der Waals surface area contributed by atoms with Gasteiger partial charge in [0.2, 0.25) is 88.6 Å². The van der Waals surface area contributed by atoms with Crippen molar-refractivity contribution < 1.29 is 112 Å². The first-order chi connectivity index (χ1) is 54.5. The van der Waals surface area contributed by atoms with Gasteiger partial charge in [-0.15, -0.1) is 0 Å². The highest BCUT2D eigenvalue weighted by atomic mass is 32.2. The quantitative estimate of drug-likeness (QED) is 0.0183. The van der Waals surface area contributed by atoms with Gasteiger partial charge >= 0.3 is 17.9 Å². The normalized spacial score (nSPS) is 13.7. The number of thioether (sulfide) groups is 1. The molecule has 0 spiro atoms. The van der Waals surface area contributed by atoms with Crippen molar-refractivity contribution >= 4 is 144 Å². The highest BCUT2D eigenvalue weighted by Gasteiger charge is 2.37. The number of amides is 15. The molecule has 15 amide bonds. The number of benzene rings is 4. The molecule has 0 bridgehead atoms. The van der Waals surface area contributed by atoms with Gasteiger partial charge in [-0.05, 0) is 77.8 Å². The highest BCUT2D eigenvalue weighted by molar-refractivity contribution is 7.98. The molecule has 4 aromatic rings. The number of phenols is 2. The van der Waals surface area contributed by atoms with Crippen LogP contribution in [0.1, 0.15) is 62.3 Å². The topological polar surface area (TPSA) is 615 Å². The molecule has 0 aromatic heterocycles. The molecule has 0 unspecified atom stereocenters. The number of aromatic hydroxyl groups is 2. The van der Waals surface area contributed by atoms with E-state index < -0.39 is 230 Å². The molecule has 22 N–H and O–H groups in total. The van der Waals surface area contributed by atoms with Crippen LogP contribution in [0.15, 0.2) is 109 Å². The summed E-state index contributed by atoms with van der Waals surface area (Å²) < 4.78 is 0. The molecule has 42 heteroatoms. The van der Waals surface area contributed by atoms with E-state index in [-0.39, 0.29) is 55.1 Å². The van der Waals surface area contributed by atoms with Gasteiger partial charge in [0.25, 0.3) is 0 Å². The van der Waals surface area contributed by atoms with Gasteiger partial charge in [0, 0.05) is 37.2 Å². The summed E-state index contributed by atoms with van der Waals surface area (Å²) >= 11 is 9.66. The Kier molecular flexibility index (Phi) is 41.0. The monoisotopic (exact) mass is 1660 g/mol. The molecular formula is C73H96N16O23S3. The van der Waals surface area contributed by atoms with Gasteiger partial charge < -0.3 is 111 Å². The van der Waals surface area contributed by atoms with Gasteiger partial charge in [0.05, 0.1) is 39.0 Å². The van der Waals surface area contributed by atoms with Crippen molar-refractivity contribution in [3.63, 3.8) is 0 Å². The van der Waals surface area contributed by atoms with E-state index in [1.54, 1.807) is 66.9 Å². The van der Waals surface area contributed by atoms with E-state index in [1.807, 2.05) is 5.32 Å². The summed E-state index contributed by atoms with van der Waals surface area (Å²) in [4.78, 5) is 239. The summed E-state index contributed by atoms with van der Waals surface area (Å²) in [6, 6.07) is 9.90. The predicted octanol–water partition coefficient (Wildman–Crippen LogP) is -5.55. The van der Waals surface area contributed by atoms with E-state index in [0.29, 0.717) is 22.3 Å². The molecule has 39 nitrogen and oxygen atoms in total. The summed E-state index contributed by atoms with van der Waals surface area (Å²) in [7, 11) is 0. The van der Waals surface area contributed by atoms with Gasteiger partial charge in [-0.2, -0.15) is 37.0 Å². The van der Waals surface area contributed by atoms with Crippen molar-refractivity contribution in [1.29, 1.82) is 0 Å². The third kappa shape index (κ3) is 35.3. The van der Waals surface area contributed by atoms with Crippen molar-refractivity contribution in [3.8, 4) is 11.5 Å². The maximum Gasteiger partial charge on any atom is 0.322 e. The number of aliphatic carboxylic acids is 3. The molecule has 624 valence electrons. The molecule has 0 radical (unpaired) electrons. The average molecular weight is 1660 g/mol. The third-order valence-electron chi connectivity index (χ3n) is 16.7. The van der Waals surface area contributed by atoms with E-state index in [1.165, 1.54) is 81.1 Å². The van der Waals surface area contributed by atoms with Gasteiger partial charge in [-0.1, -0.05) is 98.8 Å². The van der Waals surface area contributed by atoms with Crippen molar-refractivity contribution in [3.05, 3.63) is 131 Å². The fourth-order valence-electron chi connectivity index (χ4n) is 10.6. The number of carboxylic acid groups (broad SMARTS) is 3. The number of thiol groups is 2. The fraction of sp³-hybridized carbons (Fsp3) is 0.425. The molecule has 115 heavy (non-hydrogen) atoms. The summed E-state index contributed by atoms with van der Waals surface area (Å²) in [6.45, 7) is 0.689. The van der Waals surface area contributed by atoms with Crippen molar-refractivity contribution in [2.75, 3.05) is 56.2 Å². The minimum Gasteiger partial charge on any atom is -0.508 e. The first-order valence-electron chi connectivity index (χ1n) is 35.6. The Morgan fingerprint density at radius 1 is 0.348 bits per heavy atom. The van der Waals surface area contributed by atoms with Crippen LogP contribution < -0.4 is 85.5 Å². The standard InChI is InChI=1S/C73H96N16O23S3/c1-38(2)62(73(112)78-33-57(94)75-32-56(93)76-35-61(100)101)89-70(109)52(30-60(98)99)86-65(104)46(23-24-115-4)82-69(108)50(28-43-17-21-45(91)22-18-43)84-71(110)53(36-113)87-63(102)39(3)79-66(105)49(27-42-15-19-44(90)20-16-42)83-67(106)48(26-41-13-9-6-10-14-41)81-58(95)34-77-64(103)51(29-59(96)97)85-72(111)54(37-114)88-68(107)47(80-55(92)31-74)25-40-11-7-5-8-12-40/h5-22,38-39,46-54,62,90-91,113-114H,23-37,74H2,1-4H3,(H,75,94)(H,76,93)(H,77,103)(H,78,112)(H,79,105)(H,80,92)(H,81,95)(H,82,108)(H,83,106)(H,84,110)(H,85,111)(H,86,104)(H,87,102)(H,88,107)(H,89,109)(H,96,97)(H,98,99)(H,100,101)/t39-,46-,47-,48-,49-,50+,51-,52-,53-,54-,62-/m0/s1. The maximum absolute atomic E-state index is 14.6. The molecular weight excluding hydrogens is 1570 g/mol. The van der Waals surface area contributed by atoms with E-state index >= 15 is 0 Å². The van der Waals surface area contributed by atoms with Crippen LogP contribution in [0.5, 0.6) is 11.5 Å². The number of phenolic OH excluding ortho intramolecular Hbond substituents is 2. The van der Waals surface area contributed by atoms with Crippen molar-refractivity contribution in [2.45, 2.75) is 132 Å². The molecule has 4 rings (SSSR count). The van der Waals surface area contributed by atoms with Crippen molar-refractivity contribution in [2.24, 2.45) is 11.7 Å². The summed E-state index contributed by atoms with van der Waals surface area (Å²) in [5.74, 6) is -21.2. The molecule has 0 saturated carbocycles. The van der Waals surface area contributed by atoms with E-state index in [9.17, 15) is 107 Å². The van der Waals surface area contributed by atoms with Crippen LogP contribution >= 0.6 is 37.0 Å². The second-order valence-electron chi connectivity index (χ2n) is 26.2. The molecule has 0 aliphatic carbocycles. The zero-order valence-corrected chi connectivity index (χ0v) is 65.5. The Balaban J connectivity index is 1.52. The largest absolute Gasteiger partial charge is 0.508 e. The number of nitrogens with one attached hydrogen (secondary N) is 15. The first-order valence-corrected chi connectivity index (χ1v) is 38.3. The number of rotatable bonds is 49. The minimum atomic E-state index is -1.91. The van der Waals surface area contributed by atoms with Crippen LogP contribution in [0.4, 0.5) is 0 Å². The van der Waals surface area contributed by atoms with Gasteiger partial charge in [-0.3, -0.25) is 86.3 Å². The maximum atomic E-state index is 14.6. The Morgan fingerprint density at radius 2 is 0.678 bits per heavy atom. The lowest BCUT2D eigenvalue weighted by Crippen LogP contribution is -2.61. The molecule has 0 aliphatic heterocycles. The lowest BCUT2D eigenvalue weighted by molar-refractivity contribution is -0.142. The third-order valence-corrected chi connectivity index (χ3v) is 18.1. The summed E-state index contributed by atoms with van der Waals surface area (Å²) in [5, 5.41) is 84.2. The highest BCUT2D eigenvalue weighted by Crippen LogP contribution is 2.16. The average Bonchev–Trinajstić information content (AvgIpc) is 0.854. The number of carbonyl (C=O) groups is 18. The molecule has 0 heterocycles. The fourth-order valence-corrected chi connectivity index (χ4v) is 11.6. The zero-order chi connectivity index (χ0) is 85.4. The number of hydrogen-bond acceptors (Lipinski definition) is 24. The van der Waals surface area contributed by atoms with Crippen LogP contribution in [0.2, 0.25) is 0 Å². The Labute approximate surface area is 674 Å². The minimum absolute atomic E-state index is 0.0318. The lowest BCUT2D eigenvalue weighted by Gasteiger charge is -2.28. The molecule has 0 aliphatic rings. The van der Waals surface area contributed by atoms with Crippen LogP contribution in [-0.4, -0.2) is 255 Å². The van der Waals surface area contributed by atoms with Gasteiger partial charge in [0.1, 0.15) is 84.5 Å². The Morgan fingerprint density at radius 3 is 1.10 bits per heavy atom. The number of hydrogen-bond donors (Lipinski definition) is 23. The number of carbonyl (C=O) groups excluding carboxylic acids is 15. The number of nitrogens with two attached hydrogens (primary N) is 1. The summed E-state index contributed by atoms with van der Waals surface area (Å²) in [5.41, 5.74) is 7.26. The first kappa shape index (κ1) is 95.3. The summed E-state index contributed by atoms with van der Waals surface area (Å²) in [6.07, 6.45) is -1.56. The van der Waals surface area contributed by atoms with E-state index in [0.717, 1.165) is 0 Å². The van der Waals surface area contributed by atoms with Crippen molar-refractivity contribution in [1.82, 2.24) is 79.8 Å². The molecule has 11 atom stereocenters. The van der Waals surface area contributed by atoms with Crippen LogP contribution in [0.25, 0.3) is 0 Å². The lowest BCUT2D eigenvalue weighted by atomic mass is 10.0. The SMILES string of the molecule is CSCC[C@H](NC(=O)[C@@H](Cc1ccc(O)cc1)NC(=O)[C@H](CS)NC(=O)[C@H](C)NC(=O)[C@H](Cc1ccc(O)cc1)NC(=O)[C@H](Cc1ccccc1)NC(=O)CNC(=O)[C@H](CC(=O)O)NC(=O)[C@H](CS)NC(=O)[C@H](Cc1ccccc1)NC(=O)CN)C(=O)N[C@@H](CC(=O)O)C(=O)N[C@H](C(=O)NCC(=O)NCC(=O)NCC(=O)O)C(C)C. The molecule has 0 fully saturated rings. The second-order valence-corrected chi connectivity index (χ2v) is 27.9. The smallest absolute Gasteiger partial charge is 0.322 e. The van der Waals surface area contributed by atoms with E-state index in [4.69, 9.17) is 10.8 Å². The Hall–Kier alpha value is -12.0. The molecule has 4 aromatic carbocycles. The molecule has 0 saturated heterocycles. The van der Waals surface area contributed by atoms with Crippen LogP contribution in [-0.2, 0) is 112 Å². The van der Waals surface area contributed by atoms with E-state index in [2.05, 4.69) is 99.7 Å². The predicted molar refractivity (Wildman–Crippen MR) is 420 cm³/mol. The van der Waals surface area contributed by atoms with Gasteiger partial charge in [-0.25, -0.2) is 0 Å². The van der Waals surface area contributed by atoms with Crippen LogP contribution in [0, 0.1) is 5.92 Å². The van der Waals surface area contributed by atoms with Crippen LogP contribution in [0.3, 0.4) is 0 Å². The number of carboxylic acids is 3. The zero-order valence-electron chi connectivity index (χ0n) is 62.9. The Bertz CT molecular complexity index is 4060. The van der Waals surface area contributed by atoms with Gasteiger partial charge in [0.15, 0.2) is 0 Å². The second kappa shape index (κ2) is 49.4.